The van der Waals surface area contributed by atoms with E-state index in [1.807, 2.05) is 0 Å². The van der Waals surface area contributed by atoms with Crippen LogP contribution >= 0.6 is 0 Å². The quantitative estimate of drug-likeness (QED) is 0.729. The Bertz CT molecular complexity index is 549. The van der Waals surface area contributed by atoms with Crippen LogP contribution < -0.4 is 11.1 Å². The Morgan fingerprint density at radius 3 is 2.42 bits per heavy atom. The van der Waals surface area contributed by atoms with Crippen molar-refractivity contribution in [3.05, 3.63) is 18.2 Å². The molecule has 19 heavy (non-hydrogen) atoms. The van der Waals surface area contributed by atoms with Gasteiger partial charge in [-0.2, -0.15) is 0 Å². The first-order valence-electron chi connectivity index (χ1n) is 6.40. The first kappa shape index (κ1) is 14.1. The number of aliphatic hydroxyl groups excluding tert-OH is 1. The highest BCUT2D eigenvalue weighted by atomic mass is 32.2. The topological polar surface area (TPSA) is 92.4 Å². The van der Waals surface area contributed by atoms with Crippen LogP contribution in [0.25, 0.3) is 0 Å². The standard InChI is InChI=1S/C13H20N2O3S/c1-19(17,18)11-6-7-13(12(14)8-11)15-9-2-4-10(16)5-3-9/h6-10,15-16H,2-5,14H2,1H3. The fourth-order valence-electron chi connectivity index (χ4n) is 2.34. The summed E-state index contributed by atoms with van der Waals surface area (Å²) < 4.78 is 22.8. The zero-order valence-corrected chi connectivity index (χ0v) is 11.8. The van der Waals surface area contributed by atoms with Crippen LogP contribution in [-0.4, -0.2) is 31.9 Å². The van der Waals surface area contributed by atoms with Crippen LogP contribution in [0.15, 0.2) is 23.1 Å². The monoisotopic (exact) mass is 284 g/mol. The number of hydrogen-bond donors (Lipinski definition) is 3. The number of sulfone groups is 1. The largest absolute Gasteiger partial charge is 0.397 e. The normalized spacial score (nSPS) is 24.1. The third kappa shape index (κ3) is 3.61. The molecule has 106 valence electrons. The van der Waals surface area contributed by atoms with Gasteiger partial charge in [0.05, 0.1) is 22.4 Å². The number of nitrogens with one attached hydrogen (secondary N) is 1. The van der Waals surface area contributed by atoms with E-state index in [1.165, 1.54) is 6.07 Å². The summed E-state index contributed by atoms with van der Waals surface area (Å²) in [7, 11) is -3.22. The number of anilines is 2. The third-order valence-corrected chi connectivity index (χ3v) is 4.62. The van der Waals surface area contributed by atoms with E-state index in [-0.39, 0.29) is 17.0 Å². The van der Waals surface area contributed by atoms with E-state index in [2.05, 4.69) is 5.32 Å². The summed E-state index contributed by atoms with van der Waals surface area (Å²) in [5.74, 6) is 0. The molecule has 0 aromatic heterocycles. The summed E-state index contributed by atoms with van der Waals surface area (Å²) in [4.78, 5) is 0.231. The van der Waals surface area contributed by atoms with Crippen molar-refractivity contribution in [1.29, 1.82) is 0 Å². The van der Waals surface area contributed by atoms with Gasteiger partial charge in [0.2, 0.25) is 0 Å². The summed E-state index contributed by atoms with van der Waals surface area (Å²) in [6.45, 7) is 0. The van der Waals surface area contributed by atoms with E-state index < -0.39 is 9.84 Å². The second-order valence-corrected chi connectivity index (χ2v) is 7.19. The van der Waals surface area contributed by atoms with Crippen molar-refractivity contribution in [2.24, 2.45) is 0 Å². The van der Waals surface area contributed by atoms with Gasteiger partial charge in [0.15, 0.2) is 9.84 Å². The highest BCUT2D eigenvalue weighted by molar-refractivity contribution is 7.90. The molecule has 0 saturated heterocycles. The van der Waals surface area contributed by atoms with E-state index in [9.17, 15) is 13.5 Å². The second-order valence-electron chi connectivity index (χ2n) is 5.17. The van der Waals surface area contributed by atoms with Crippen LogP contribution in [0.3, 0.4) is 0 Å². The van der Waals surface area contributed by atoms with Crippen LogP contribution in [0.4, 0.5) is 11.4 Å². The van der Waals surface area contributed by atoms with Crippen molar-refractivity contribution >= 4 is 21.2 Å². The molecule has 1 aliphatic rings. The van der Waals surface area contributed by atoms with Gasteiger partial charge in [-0.25, -0.2) is 8.42 Å². The van der Waals surface area contributed by atoms with Crippen molar-refractivity contribution in [2.45, 2.75) is 42.7 Å². The number of nitrogen functional groups attached to an aromatic ring is 1. The number of nitrogens with two attached hydrogens (primary N) is 1. The smallest absolute Gasteiger partial charge is 0.175 e. The van der Waals surface area contributed by atoms with E-state index >= 15 is 0 Å². The lowest BCUT2D eigenvalue weighted by atomic mass is 9.93. The summed E-state index contributed by atoms with van der Waals surface area (Å²) >= 11 is 0. The van der Waals surface area contributed by atoms with Crippen molar-refractivity contribution in [2.75, 3.05) is 17.3 Å². The molecule has 1 saturated carbocycles. The maximum atomic E-state index is 11.4. The zero-order valence-electron chi connectivity index (χ0n) is 11.0. The minimum absolute atomic E-state index is 0.192. The van der Waals surface area contributed by atoms with Crippen molar-refractivity contribution in [3.63, 3.8) is 0 Å². The number of hydrogen-bond acceptors (Lipinski definition) is 5. The highest BCUT2D eigenvalue weighted by Gasteiger charge is 2.20. The molecule has 1 aromatic carbocycles. The minimum atomic E-state index is -3.22. The summed E-state index contributed by atoms with van der Waals surface area (Å²) in [5.41, 5.74) is 7.08. The van der Waals surface area contributed by atoms with Gasteiger partial charge in [-0.1, -0.05) is 0 Å². The SMILES string of the molecule is CS(=O)(=O)c1ccc(NC2CCC(O)CC2)c(N)c1. The van der Waals surface area contributed by atoms with Gasteiger partial charge in [0.25, 0.3) is 0 Å². The lowest BCUT2D eigenvalue weighted by molar-refractivity contribution is 0.126. The predicted molar refractivity (Wildman–Crippen MR) is 75.8 cm³/mol. The molecular formula is C13H20N2O3S. The Kier molecular flexibility index (Phi) is 4.01. The Labute approximate surface area is 113 Å². The van der Waals surface area contributed by atoms with Gasteiger partial charge in [-0.05, 0) is 43.9 Å². The Morgan fingerprint density at radius 2 is 1.89 bits per heavy atom. The summed E-state index contributed by atoms with van der Waals surface area (Å²) in [5, 5.41) is 12.8. The molecule has 4 N–H and O–H groups in total. The van der Waals surface area contributed by atoms with Crippen molar-refractivity contribution < 1.29 is 13.5 Å². The van der Waals surface area contributed by atoms with Crippen molar-refractivity contribution in [1.82, 2.24) is 0 Å². The lowest BCUT2D eigenvalue weighted by Gasteiger charge is -2.27. The number of benzene rings is 1. The van der Waals surface area contributed by atoms with E-state index in [0.717, 1.165) is 37.6 Å². The molecule has 1 fully saturated rings. The van der Waals surface area contributed by atoms with Gasteiger partial charge < -0.3 is 16.2 Å². The molecular weight excluding hydrogens is 264 g/mol. The van der Waals surface area contributed by atoms with Crippen LogP contribution in [0.1, 0.15) is 25.7 Å². The maximum absolute atomic E-state index is 11.4. The summed E-state index contributed by atoms with van der Waals surface area (Å²) in [6, 6.07) is 5.03. The molecule has 0 radical (unpaired) electrons. The molecule has 0 aliphatic heterocycles. The predicted octanol–water partition coefficient (Wildman–Crippen LogP) is 1.39. The molecule has 1 aromatic rings. The molecule has 0 heterocycles. The fraction of sp³-hybridized carbons (Fsp3) is 0.538. The Hall–Kier alpha value is -1.27. The lowest BCUT2D eigenvalue weighted by Crippen LogP contribution is -2.28. The summed E-state index contributed by atoms with van der Waals surface area (Å²) in [6.07, 6.45) is 4.35. The van der Waals surface area contributed by atoms with E-state index in [1.54, 1.807) is 12.1 Å². The molecule has 0 atom stereocenters. The maximum Gasteiger partial charge on any atom is 0.175 e. The minimum Gasteiger partial charge on any atom is -0.397 e. The third-order valence-electron chi connectivity index (χ3n) is 3.51. The average Bonchev–Trinajstić information content (AvgIpc) is 2.33. The first-order valence-corrected chi connectivity index (χ1v) is 8.29. The van der Waals surface area contributed by atoms with Gasteiger partial charge in [0.1, 0.15) is 0 Å². The van der Waals surface area contributed by atoms with E-state index in [4.69, 9.17) is 5.73 Å². The fourth-order valence-corrected chi connectivity index (χ4v) is 3.00. The zero-order chi connectivity index (χ0) is 14.0. The molecule has 1 aliphatic carbocycles. The van der Waals surface area contributed by atoms with Crippen LogP contribution in [-0.2, 0) is 9.84 Å². The average molecular weight is 284 g/mol. The number of aliphatic hydroxyl groups is 1. The van der Waals surface area contributed by atoms with Gasteiger partial charge in [-0.3, -0.25) is 0 Å². The Morgan fingerprint density at radius 1 is 1.26 bits per heavy atom. The highest BCUT2D eigenvalue weighted by Crippen LogP contribution is 2.27. The Balaban J connectivity index is 2.09. The van der Waals surface area contributed by atoms with Crippen LogP contribution in [0, 0.1) is 0 Å². The van der Waals surface area contributed by atoms with Crippen LogP contribution in [0.2, 0.25) is 0 Å². The second kappa shape index (κ2) is 5.38. The van der Waals surface area contributed by atoms with Gasteiger partial charge in [0, 0.05) is 12.3 Å². The van der Waals surface area contributed by atoms with Crippen molar-refractivity contribution in [3.8, 4) is 0 Å². The molecule has 0 unspecified atom stereocenters. The molecule has 6 heteroatoms. The molecule has 0 amide bonds. The first-order chi connectivity index (χ1) is 8.86. The van der Waals surface area contributed by atoms with Gasteiger partial charge in [-0.15, -0.1) is 0 Å². The molecule has 0 bridgehead atoms. The molecule has 5 nitrogen and oxygen atoms in total. The van der Waals surface area contributed by atoms with E-state index in [0.29, 0.717) is 5.69 Å². The van der Waals surface area contributed by atoms with Gasteiger partial charge >= 0.3 is 0 Å². The van der Waals surface area contributed by atoms with Crippen LogP contribution in [0.5, 0.6) is 0 Å². The number of rotatable bonds is 3. The molecule has 0 spiro atoms. The molecule has 2 rings (SSSR count).